The Labute approximate surface area is 80.2 Å². The zero-order valence-corrected chi connectivity index (χ0v) is 9.19. The summed E-state index contributed by atoms with van der Waals surface area (Å²) in [6.07, 6.45) is 0. The summed E-state index contributed by atoms with van der Waals surface area (Å²) in [5.74, 6) is 1.70. The second-order valence-corrected chi connectivity index (χ2v) is 4.93. The monoisotopic (exact) mass is 191 g/mol. The van der Waals surface area contributed by atoms with Gasteiger partial charge in [-0.25, -0.2) is 0 Å². The molecule has 0 aliphatic rings. The van der Waals surface area contributed by atoms with Crippen molar-refractivity contribution in [2.75, 3.05) is 25.5 Å². The maximum atomic E-state index is 5.47. The molecule has 2 nitrogen and oxygen atoms in total. The minimum atomic E-state index is 0.563. The molecule has 0 aromatic heterocycles. The van der Waals surface area contributed by atoms with E-state index >= 15 is 0 Å². The second kappa shape index (κ2) is 7.90. The van der Waals surface area contributed by atoms with Crippen molar-refractivity contribution in [2.24, 2.45) is 11.7 Å². The Balaban J connectivity index is 3.00. The van der Waals surface area contributed by atoms with E-state index in [1.807, 2.05) is 11.8 Å². The first-order valence-electron chi connectivity index (χ1n) is 4.56. The van der Waals surface area contributed by atoms with E-state index in [1.54, 1.807) is 0 Å². The molecule has 1 unspecified atom stereocenters. The van der Waals surface area contributed by atoms with E-state index in [9.17, 15) is 0 Å². The van der Waals surface area contributed by atoms with Crippen LogP contribution in [0.2, 0.25) is 0 Å². The minimum Gasteiger partial charge on any atom is -0.380 e. The molecular formula is C9H21NOS. The molecular weight excluding hydrogens is 170 g/mol. The fourth-order valence-corrected chi connectivity index (χ4v) is 1.45. The maximum absolute atomic E-state index is 5.47. The van der Waals surface area contributed by atoms with Crippen LogP contribution in [0.15, 0.2) is 0 Å². The Morgan fingerprint density at radius 2 is 2.00 bits per heavy atom. The van der Waals surface area contributed by atoms with Gasteiger partial charge in [0.15, 0.2) is 0 Å². The van der Waals surface area contributed by atoms with Gasteiger partial charge in [0.05, 0.1) is 6.61 Å². The van der Waals surface area contributed by atoms with Crippen LogP contribution in [-0.4, -0.2) is 30.8 Å². The highest BCUT2D eigenvalue weighted by Gasteiger charge is 1.98. The number of rotatable bonds is 7. The summed E-state index contributed by atoms with van der Waals surface area (Å²) in [6.45, 7) is 8.96. The molecule has 1 atom stereocenters. The average Bonchev–Trinajstić information content (AvgIpc) is 2.03. The topological polar surface area (TPSA) is 35.2 Å². The average molecular weight is 191 g/mol. The van der Waals surface area contributed by atoms with Gasteiger partial charge in [0.2, 0.25) is 0 Å². The first-order chi connectivity index (χ1) is 5.66. The Bertz CT molecular complexity index is 98.5. The van der Waals surface area contributed by atoms with Gasteiger partial charge in [-0.05, 0) is 5.92 Å². The van der Waals surface area contributed by atoms with Crippen LogP contribution < -0.4 is 5.73 Å². The van der Waals surface area contributed by atoms with Crippen LogP contribution in [0, 0.1) is 5.92 Å². The molecule has 12 heavy (non-hydrogen) atoms. The zero-order valence-electron chi connectivity index (χ0n) is 8.38. The van der Waals surface area contributed by atoms with Gasteiger partial charge >= 0.3 is 0 Å². The van der Waals surface area contributed by atoms with Gasteiger partial charge in [-0.15, -0.1) is 0 Å². The third-order valence-electron chi connectivity index (χ3n) is 1.41. The number of thioether (sulfide) groups is 1. The van der Waals surface area contributed by atoms with E-state index in [0.29, 0.717) is 11.2 Å². The molecule has 0 heterocycles. The van der Waals surface area contributed by atoms with Crippen molar-refractivity contribution in [3.8, 4) is 0 Å². The predicted molar refractivity (Wildman–Crippen MR) is 56.6 cm³/mol. The predicted octanol–water partition coefficient (Wildman–Crippen LogP) is 1.74. The van der Waals surface area contributed by atoms with Gasteiger partial charge in [-0.2, -0.15) is 11.8 Å². The van der Waals surface area contributed by atoms with Crippen LogP contribution in [-0.2, 0) is 4.74 Å². The molecule has 0 fully saturated rings. The van der Waals surface area contributed by atoms with E-state index in [2.05, 4.69) is 20.8 Å². The van der Waals surface area contributed by atoms with Crippen molar-refractivity contribution in [1.82, 2.24) is 0 Å². The van der Waals surface area contributed by atoms with E-state index in [0.717, 1.165) is 25.5 Å². The van der Waals surface area contributed by atoms with Gasteiger partial charge in [-0.3, -0.25) is 0 Å². The van der Waals surface area contributed by atoms with Crippen molar-refractivity contribution in [3.05, 3.63) is 0 Å². The van der Waals surface area contributed by atoms with Crippen LogP contribution in [0.1, 0.15) is 20.8 Å². The highest BCUT2D eigenvalue weighted by molar-refractivity contribution is 7.99. The molecule has 0 rings (SSSR count). The molecule has 0 bridgehead atoms. The zero-order chi connectivity index (χ0) is 9.40. The second-order valence-electron chi connectivity index (χ2n) is 3.39. The molecule has 74 valence electrons. The van der Waals surface area contributed by atoms with Gasteiger partial charge in [-0.1, -0.05) is 20.8 Å². The Morgan fingerprint density at radius 3 is 2.50 bits per heavy atom. The number of hydrogen-bond donors (Lipinski definition) is 1. The van der Waals surface area contributed by atoms with E-state index in [-0.39, 0.29) is 0 Å². The molecule has 0 aromatic rings. The van der Waals surface area contributed by atoms with E-state index in [4.69, 9.17) is 10.5 Å². The number of hydrogen-bond acceptors (Lipinski definition) is 3. The summed E-state index contributed by atoms with van der Waals surface area (Å²) in [5.41, 5.74) is 5.47. The largest absolute Gasteiger partial charge is 0.380 e. The Hall–Kier alpha value is 0.270. The lowest BCUT2D eigenvalue weighted by Crippen LogP contribution is -2.14. The van der Waals surface area contributed by atoms with E-state index < -0.39 is 0 Å². The van der Waals surface area contributed by atoms with Crippen molar-refractivity contribution in [2.45, 2.75) is 26.0 Å². The molecule has 0 saturated carbocycles. The van der Waals surface area contributed by atoms with Gasteiger partial charge in [0.25, 0.3) is 0 Å². The van der Waals surface area contributed by atoms with Crippen LogP contribution >= 0.6 is 11.8 Å². The lowest BCUT2D eigenvalue weighted by Gasteiger charge is -2.09. The molecule has 0 saturated heterocycles. The smallest absolute Gasteiger partial charge is 0.0556 e. The van der Waals surface area contributed by atoms with Gasteiger partial charge in [0.1, 0.15) is 0 Å². The third kappa shape index (κ3) is 8.37. The molecule has 0 aliphatic carbocycles. The van der Waals surface area contributed by atoms with Crippen molar-refractivity contribution in [3.63, 3.8) is 0 Å². The lowest BCUT2D eigenvalue weighted by molar-refractivity contribution is 0.124. The fourth-order valence-electron chi connectivity index (χ4n) is 0.695. The standard InChI is InChI=1S/C9H21NOS/c1-8(2)7-11-4-5-12-9(3)6-10/h8-9H,4-7,10H2,1-3H3. The highest BCUT2D eigenvalue weighted by Crippen LogP contribution is 2.07. The third-order valence-corrected chi connectivity index (χ3v) is 2.58. The van der Waals surface area contributed by atoms with Crippen molar-refractivity contribution in [1.29, 1.82) is 0 Å². The normalized spacial score (nSPS) is 13.8. The SMILES string of the molecule is CC(C)COCCSC(C)CN. The van der Waals surface area contributed by atoms with Crippen molar-refractivity contribution >= 4 is 11.8 Å². The first-order valence-corrected chi connectivity index (χ1v) is 5.61. The molecule has 0 aliphatic heterocycles. The summed E-state index contributed by atoms with van der Waals surface area (Å²) in [6, 6.07) is 0. The highest BCUT2D eigenvalue weighted by atomic mass is 32.2. The first kappa shape index (κ1) is 12.3. The Kier molecular flexibility index (Phi) is 8.07. The maximum Gasteiger partial charge on any atom is 0.0556 e. The molecule has 2 N–H and O–H groups in total. The van der Waals surface area contributed by atoms with Crippen LogP contribution in [0.4, 0.5) is 0 Å². The fraction of sp³-hybridized carbons (Fsp3) is 1.00. The van der Waals surface area contributed by atoms with E-state index in [1.165, 1.54) is 0 Å². The van der Waals surface area contributed by atoms with Gasteiger partial charge < -0.3 is 10.5 Å². The van der Waals surface area contributed by atoms with Gasteiger partial charge in [0, 0.05) is 24.2 Å². The number of ether oxygens (including phenoxy) is 1. The summed E-state index contributed by atoms with van der Waals surface area (Å²) in [4.78, 5) is 0. The minimum absolute atomic E-state index is 0.563. The molecule has 3 heteroatoms. The van der Waals surface area contributed by atoms with Crippen LogP contribution in [0.3, 0.4) is 0 Å². The molecule has 0 aromatic carbocycles. The lowest BCUT2D eigenvalue weighted by atomic mass is 10.2. The molecule has 0 spiro atoms. The number of nitrogens with two attached hydrogens (primary N) is 1. The van der Waals surface area contributed by atoms with Crippen LogP contribution in [0.25, 0.3) is 0 Å². The molecule has 0 radical (unpaired) electrons. The van der Waals surface area contributed by atoms with Crippen molar-refractivity contribution < 1.29 is 4.74 Å². The quantitative estimate of drug-likeness (QED) is 0.623. The summed E-state index contributed by atoms with van der Waals surface area (Å²) < 4.78 is 5.43. The molecule has 0 amide bonds. The summed E-state index contributed by atoms with van der Waals surface area (Å²) in [7, 11) is 0. The summed E-state index contributed by atoms with van der Waals surface area (Å²) >= 11 is 1.88. The van der Waals surface area contributed by atoms with Crippen LogP contribution in [0.5, 0.6) is 0 Å². The summed E-state index contributed by atoms with van der Waals surface area (Å²) in [5, 5.41) is 0.563. The Morgan fingerprint density at radius 1 is 1.33 bits per heavy atom.